The van der Waals surface area contributed by atoms with Crippen LogP contribution in [0.25, 0.3) is 10.9 Å². The number of benzene rings is 2. The fraction of sp³-hybridized carbons (Fsp3) is 0.0909. The van der Waals surface area contributed by atoms with Crippen molar-refractivity contribution in [2.75, 3.05) is 5.32 Å². The maximum absolute atomic E-state index is 11.1. The first-order chi connectivity index (χ1) is 14.3. The highest BCUT2D eigenvalue weighted by molar-refractivity contribution is 6.36. The van der Waals surface area contributed by atoms with E-state index >= 15 is 0 Å². The van der Waals surface area contributed by atoms with E-state index in [1.807, 2.05) is 6.92 Å². The number of hydrogen-bond donors (Lipinski definition) is 2. The Morgan fingerprint density at radius 2 is 1.70 bits per heavy atom. The van der Waals surface area contributed by atoms with Crippen LogP contribution in [0, 0.1) is 6.92 Å². The molecule has 0 bridgehead atoms. The zero-order valence-electron chi connectivity index (χ0n) is 15.6. The number of anilines is 1. The summed E-state index contributed by atoms with van der Waals surface area (Å²) in [5, 5.41) is 17.0. The molecule has 1 unspecified atom stereocenters. The molecule has 30 heavy (non-hydrogen) atoms. The molecule has 0 radical (unpaired) electrons. The number of phenolic OH excluding ortho intramolecular Hbond substituents is 1. The van der Waals surface area contributed by atoms with Crippen LogP contribution in [-0.2, 0) is 0 Å². The number of fused-ring (bicyclic) bond motifs is 1. The number of aryl methyl sites for hydroxylation is 1. The first kappa shape index (κ1) is 21.0. The molecular weight excluding hydrogens is 464 g/mol. The zero-order valence-corrected chi connectivity index (χ0v) is 18.7. The molecule has 0 amide bonds. The summed E-state index contributed by atoms with van der Waals surface area (Å²) < 4.78 is 0. The number of aromatic nitrogens is 2. The van der Waals surface area contributed by atoms with Crippen LogP contribution in [0.3, 0.4) is 0 Å². The van der Waals surface area contributed by atoms with Crippen molar-refractivity contribution < 1.29 is 5.11 Å². The van der Waals surface area contributed by atoms with Gasteiger partial charge < -0.3 is 10.4 Å². The first-order valence-corrected chi connectivity index (χ1v) is 10.5. The van der Waals surface area contributed by atoms with Gasteiger partial charge in [0.1, 0.15) is 17.1 Å². The van der Waals surface area contributed by atoms with Crippen LogP contribution in [0.1, 0.15) is 22.7 Å². The molecule has 0 saturated heterocycles. The second-order valence-corrected chi connectivity index (χ2v) is 8.45. The van der Waals surface area contributed by atoms with E-state index in [2.05, 4.69) is 15.3 Å². The quantitative estimate of drug-likeness (QED) is 0.319. The molecule has 0 spiro atoms. The fourth-order valence-corrected chi connectivity index (χ4v) is 4.31. The molecule has 2 heterocycles. The van der Waals surface area contributed by atoms with Crippen LogP contribution >= 0.6 is 46.4 Å². The van der Waals surface area contributed by atoms with Crippen LogP contribution < -0.4 is 5.32 Å². The Hall–Kier alpha value is -2.24. The van der Waals surface area contributed by atoms with E-state index < -0.39 is 6.04 Å². The minimum absolute atomic E-state index is 0.00475. The zero-order chi connectivity index (χ0) is 21.4. The number of rotatable bonds is 4. The number of halogens is 4. The predicted octanol–water partition coefficient (Wildman–Crippen LogP) is 7.46. The van der Waals surface area contributed by atoms with Crippen molar-refractivity contribution in [2.45, 2.75) is 13.0 Å². The highest BCUT2D eigenvalue weighted by atomic mass is 35.5. The lowest BCUT2D eigenvalue weighted by Gasteiger charge is -2.24. The van der Waals surface area contributed by atoms with Gasteiger partial charge in [-0.15, -0.1) is 0 Å². The molecule has 152 valence electrons. The molecule has 0 saturated carbocycles. The highest BCUT2D eigenvalue weighted by Crippen LogP contribution is 2.42. The molecule has 2 N–H and O–H groups in total. The van der Waals surface area contributed by atoms with Crippen LogP contribution in [0.2, 0.25) is 20.1 Å². The van der Waals surface area contributed by atoms with Crippen molar-refractivity contribution >= 4 is 63.1 Å². The standard InChI is InChI=1S/C22H15Cl4N3O/c1-11-7-13(24)10-28-22(11)29-19(15-5-4-12(23)8-17(15)25)16-9-18(26)14-3-2-6-27-20(14)21(16)30/h2-10,19,30H,1H3,(H,28,29). The van der Waals surface area contributed by atoms with E-state index in [0.717, 1.165) is 5.56 Å². The van der Waals surface area contributed by atoms with E-state index in [4.69, 9.17) is 46.4 Å². The van der Waals surface area contributed by atoms with Crippen LogP contribution in [0.4, 0.5) is 5.82 Å². The smallest absolute Gasteiger partial charge is 0.147 e. The van der Waals surface area contributed by atoms with Gasteiger partial charge in [-0.2, -0.15) is 0 Å². The molecule has 4 rings (SSSR count). The SMILES string of the molecule is Cc1cc(Cl)cnc1NC(c1ccc(Cl)cc1Cl)c1cc(Cl)c2cccnc2c1O. The Bertz CT molecular complexity index is 1260. The van der Waals surface area contributed by atoms with Gasteiger partial charge >= 0.3 is 0 Å². The summed E-state index contributed by atoms with van der Waals surface area (Å²) in [5.41, 5.74) is 2.44. The average Bonchev–Trinajstić information content (AvgIpc) is 2.71. The topological polar surface area (TPSA) is 58.0 Å². The van der Waals surface area contributed by atoms with Crippen LogP contribution in [-0.4, -0.2) is 15.1 Å². The van der Waals surface area contributed by atoms with Crippen LogP contribution in [0.15, 0.2) is 54.9 Å². The van der Waals surface area contributed by atoms with E-state index in [0.29, 0.717) is 47.9 Å². The molecule has 2 aromatic carbocycles. The third-order valence-electron chi connectivity index (χ3n) is 4.76. The van der Waals surface area contributed by atoms with Crippen molar-refractivity contribution in [2.24, 2.45) is 0 Å². The van der Waals surface area contributed by atoms with Crippen molar-refractivity contribution in [3.05, 3.63) is 91.6 Å². The van der Waals surface area contributed by atoms with E-state index in [9.17, 15) is 5.11 Å². The lowest BCUT2D eigenvalue weighted by atomic mass is 9.96. The molecule has 4 aromatic rings. The van der Waals surface area contributed by atoms with E-state index in [1.165, 1.54) is 0 Å². The molecule has 8 heteroatoms. The molecule has 0 aliphatic heterocycles. The summed E-state index contributed by atoms with van der Waals surface area (Å²) in [6.45, 7) is 1.89. The van der Waals surface area contributed by atoms with E-state index in [-0.39, 0.29) is 5.75 Å². The predicted molar refractivity (Wildman–Crippen MR) is 124 cm³/mol. The molecule has 2 aromatic heterocycles. The Kier molecular flexibility index (Phi) is 5.94. The third-order valence-corrected chi connectivity index (χ3v) is 5.84. The maximum atomic E-state index is 11.1. The monoisotopic (exact) mass is 477 g/mol. The third kappa shape index (κ3) is 4.01. The van der Waals surface area contributed by atoms with Crippen molar-refractivity contribution in [3.8, 4) is 5.75 Å². The summed E-state index contributed by atoms with van der Waals surface area (Å²) in [7, 11) is 0. The summed E-state index contributed by atoms with van der Waals surface area (Å²) in [6.07, 6.45) is 3.15. The summed E-state index contributed by atoms with van der Waals surface area (Å²) >= 11 is 25.2. The summed E-state index contributed by atoms with van der Waals surface area (Å²) in [5.74, 6) is 0.595. The van der Waals surface area contributed by atoms with Crippen molar-refractivity contribution in [1.82, 2.24) is 9.97 Å². The first-order valence-electron chi connectivity index (χ1n) is 8.95. The van der Waals surface area contributed by atoms with Gasteiger partial charge in [0.05, 0.1) is 16.1 Å². The summed E-state index contributed by atoms with van der Waals surface area (Å²) in [4.78, 5) is 8.69. The lowest BCUT2D eigenvalue weighted by molar-refractivity contribution is 0.471. The Morgan fingerprint density at radius 3 is 2.43 bits per heavy atom. The number of aromatic hydroxyl groups is 1. The van der Waals surface area contributed by atoms with Gasteiger partial charge in [0, 0.05) is 33.4 Å². The molecular formula is C22H15Cl4N3O. The Morgan fingerprint density at radius 1 is 0.900 bits per heavy atom. The maximum Gasteiger partial charge on any atom is 0.147 e. The largest absolute Gasteiger partial charge is 0.505 e. The second kappa shape index (κ2) is 8.48. The molecule has 1 atom stereocenters. The number of pyridine rings is 2. The van der Waals surface area contributed by atoms with Crippen LogP contribution in [0.5, 0.6) is 5.75 Å². The van der Waals surface area contributed by atoms with Gasteiger partial charge in [-0.25, -0.2) is 4.98 Å². The Labute approximate surface area is 193 Å². The van der Waals surface area contributed by atoms with E-state index in [1.54, 1.807) is 54.9 Å². The number of phenols is 1. The van der Waals surface area contributed by atoms with Gasteiger partial charge in [0.2, 0.25) is 0 Å². The van der Waals surface area contributed by atoms with Gasteiger partial charge in [0.15, 0.2) is 0 Å². The molecule has 0 fully saturated rings. The molecule has 0 aliphatic rings. The highest BCUT2D eigenvalue weighted by Gasteiger charge is 2.24. The normalized spacial score (nSPS) is 12.2. The number of hydrogen-bond acceptors (Lipinski definition) is 4. The van der Waals surface area contributed by atoms with Crippen molar-refractivity contribution in [3.63, 3.8) is 0 Å². The molecule has 0 aliphatic carbocycles. The van der Waals surface area contributed by atoms with Gasteiger partial charge in [-0.1, -0.05) is 52.5 Å². The fourth-order valence-electron chi connectivity index (χ4n) is 3.31. The minimum Gasteiger partial charge on any atom is -0.505 e. The van der Waals surface area contributed by atoms with Gasteiger partial charge in [-0.05, 0) is 54.4 Å². The Balaban J connectivity index is 1.93. The second-order valence-electron chi connectivity index (χ2n) is 6.76. The average molecular weight is 479 g/mol. The van der Waals surface area contributed by atoms with Gasteiger partial charge in [-0.3, -0.25) is 4.98 Å². The number of nitrogens with zero attached hydrogens (tertiary/aromatic N) is 2. The lowest BCUT2D eigenvalue weighted by Crippen LogP contribution is -2.15. The summed E-state index contributed by atoms with van der Waals surface area (Å²) in [6, 6.07) is 11.7. The van der Waals surface area contributed by atoms with Gasteiger partial charge in [0.25, 0.3) is 0 Å². The van der Waals surface area contributed by atoms with Crippen molar-refractivity contribution in [1.29, 1.82) is 0 Å². The number of nitrogens with one attached hydrogen (secondary N) is 1. The minimum atomic E-state index is -0.578. The molecule has 4 nitrogen and oxygen atoms in total.